The first kappa shape index (κ1) is 16.2. The van der Waals surface area contributed by atoms with Gasteiger partial charge in [0.05, 0.1) is 14.2 Å². The van der Waals surface area contributed by atoms with Gasteiger partial charge >= 0.3 is 0 Å². The van der Waals surface area contributed by atoms with Crippen molar-refractivity contribution < 1.29 is 14.3 Å². The van der Waals surface area contributed by atoms with Gasteiger partial charge in [0.25, 0.3) is 0 Å². The number of hydrogen-bond acceptors (Lipinski definition) is 3. The van der Waals surface area contributed by atoms with Crippen molar-refractivity contribution in [1.82, 2.24) is 0 Å². The minimum absolute atomic E-state index is 0.0878. The molecule has 0 aliphatic carbocycles. The van der Waals surface area contributed by atoms with Crippen molar-refractivity contribution in [2.45, 2.75) is 12.8 Å². The average molecular weight is 320 g/mol. The van der Waals surface area contributed by atoms with Gasteiger partial charge in [0.1, 0.15) is 11.5 Å². The molecule has 0 aliphatic rings. The summed E-state index contributed by atoms with van der Waals surface area (Å²) in [4.78, 5) is 12.1. The number of benzene rings is 2. The van der Waals surface area contributed by atoms with Crippen LogP contribution in [0.25, 0.3) is 0 Å². The summed E-state index contributed by atoms with van der Waals surface area (Å²) < 4.78 is 10.4. The largest absolute Gasteiger partial charge is 0.497 e. The zero-order chi connectivity index (χ0) is 15.9. The van der Waals surface area contributed by atoms with Crippen molar-refractivity contribution in [1.29, 1.82) is 0 Å². The number of amides is 1. The first-order valence-electron chi connectivity index (χ1n) is 6.88. The molecule has 0 aromatic heterocycles. The van der Waals surface area contributed by atoms with Crippen molar-refractivity contribution in [3.63, 3.8) is 0 Å². The minimum Gasteiger partial charge on any atom is -0.497 e. The maximum atomic E-state index is 12.1. The molecule has 0 saturated heterocycles. The third-order valence-corrected chi connectivity index (χ3v) is 3.58. The molecule has 1 N–H and O–H groups in total. The molecule has 0 heterocycles. The van der Waals surface area contributed by atoms with Crippen LogP contribution in [0.4, 0.5) is 5.69 Å². The molecule has 2 rings (SSSR count). The normalized spacial score (nSPS) is 10.1. The molecule has 22 heavy (non-hydrogen) atoms. The van der Waals surface area contributed by atoms with Crippen LogP contribution in [-0.4, -0.2) is 20.1 Å². The van der Waals surface area contributed by atoms with Crippen LogP contribution in [0.15, 0.2) is 42.5 Å². The van der Waals surface area contributed by atoms with Gasteiger partial charge in [-0.15, -0.1) is 0 Å². The summed E-state index contributed by atoms with van der Waals surface area (Å²) in [6.07, 6.45) is 0.940. The van der Waals surface area contributed by atoms with Gasteiger partial charge in [-0.1, -0.05) is 29.8 Å². The maximum absolute atomic E-state index is 12.1. The Morgan fingerprint density at radius 2 is 1.73 bits per heavy atom. The lowest BCUT2D eigenvalue weighted by molar-refractivity contribution is -0.116. The lowest BCUT2D eigenvalue weighted by atomic mass is 10.1. The van der Waals surface area contributed by atoms with E-state index in [2.05, 4.69) is 5.32 Å². The molecule has 2 aromatic rings. The zero-order valence-electron chi connectivity index (χ0n) is 12.6. The highest BCUT2D eigenvalue weighted by atomic mass is 35.5. The van der Waals surface area contributed by atoms with Crippen LogP contribution in [-0.2, 0) is 11.2 Å². The summed E-state index contributed by atoms with van der Waals surface area (Å²) >= 11 is 6.08. The van der Waals surface area contributed by atoms with Crippen LogP contribution in [0.5, 0.6) is 11.5 Å². The van der Waals surface area contributed by atoms with Gasteiger partial charge in [0.2, 0.25) is 5.91 Å². The quantitative estimate of drug-likeness (QED) is 0.877. The Bertz CT molecular complexity index is 636. The Balaban J connectivity index is 1.98. The third-order valence-electron chi connectivity index (χ3n) is 3.21. The molecule has 0 radical (unpaired) electrons. The summed E-state index contributed by atoms with van der Waals surface area (Å²) in [6.45, 7) is 0. The van der Waals surface area contributed by atoms with Gasteiger partial charge in [-0.05, 0) is 18.1 Å². The van der Waals surface area contributed by atoms with E-state index in [1.54, 1.807) is 32.4 Å². The van der Waals surface area contributed by atoms with Crippen molar-refractivity contribution >= 4 is 23.2 Å². The fraction of sp³-hybridized carbons (Fsp3) is 0.235. The van der Waals surface area contributed by atoms with E-state index in [9.17, 15) is 4.79 Å². The highest BCUT2D eigenvalue weighted by Crippen LogP contribution is 2.26. The standard InChI is InChI=1S/C17H18ClNO3/c1-21-14-9-13(10-15(11-14)22-2)19-17(20)8-7-12-5-3-4-6-16(12)18/h3-6,9-11H,7-8H2,1-2H3,(H,19,20). The number of carbonyl (C=O) groups is 1. The predicted molar refractivity (Wildman–Crippen MR) is 87.9 cm³/mol. The van der Waals surface area contributed by atoms with Crippen LogP contribution in [0, 0.1) is 0 Å². The Labute approximate surface area is 135 Å². The van der Waals surface area contributed by atoms with Gasteiger partial charge in [-0.3, -0.25) is 4.79 Å². The number of carbonyl (C=O) groups excluding carboxylic acids is 1. The van der Waals surface area contributed by atoms with Crippen molar-refractivity contribution in [2.75, 3.05) is 19.5 Å². The first-order valence-corrected chi connectivity index (χ1v) is 7.26. The summed E-state index contributed by atoms with van der Waals surface area (Å²) in [6, 6.07) is 12.8. The zero-order valence-corrected chi connectivity index (χ0v) is 13.3. The maximum Gasteiger partial charge on any atom is 0.224 e. The topological polar surface area (TPSA) is 47.6 Å². The minimum atomic E-state index is -0.0878. The molecule has 0 atom stereocenters. The molecule has 5 heteroatoms. The SMILES string of the molecule is COc1cc(NC(=O)CCc2ccccc2Cl)cc(OC)c1. The second kappa shape index (κ2) is 7.71. The fourth-order valence-electron chi connectivity index (χ4n) is 2.05. The summed E-state index contributed by atoms with van der Waals surface area (Å²) in [5.41, 5.74) is 1.60. The molecule has 1 amide bonds. The van der Waals surface area contributed by atoms with Crippen LogP contribution < -0.4 is 14.8 Å². The Kier molecular flexibility index (Phi) is 5.67. The van der Waals surface area contributed by atoms with E-state index < -0.39 is 0 Å². The Morgan fingerprint density at radius 3 is 2.32 bits per heavy atom. The monoisotopic (exact) mass is 319 g/mol. The van der Waals surface area contributed by atoms with Crippen LogP contribution in [0.1, 0.15) is 12.0 Å². The molecule has 0 bridgehead atoms. The average Bonchev–Trinajstić information content (AvgIpc) is 2.53. The number of hydrogen-bond donors (Lipinski definition) is 1. The van der Waals surface area contributed by atoms with Crippen LogP contribution in [0.3, 0.4) is 0 Å². The molecule has 0 unspecified atom stereocenters. The fourth-order valence-corrected chi connectivity index (χ4v) is 2.28. The van der Waals surface area contributed by atoms with E-state index >= 15 is 0 Å². The number of ether oxygens (including phenoxy) is 2. The number of nitrogens with one attached hydrogen (secondary N) is 1. The predicted octanol–water partition coefficient (Wildman–Crippen LogP) is 3.93. The third kappa shape index (κ3) is 4.40. The Morgan fingerprint density at radius 1 is 1.09 bits per heavy atom. The highest BCUT2D eigenvalue weighted by molar-refractivity contribution is 6.31. The van der Waals surface area contributed by atoms with E-state index in [0.29, 0.717) is 35.1 Å². The molecule has 0 spiro atoms. The van der Waals surface area contributed by atoms with Gasteiger partial charge in [0.15, 0.2) is 0 Å². The molecule has 2 aromatic carbocycles. The molecular weight excluding hydrogens is 302 g/mol. The first-order chi connectivity index (χ1) is 10.6. The van der Waals surface area contributed by atoms with Gasteiger partial charge < -0.3 is 14.8 Å². The molecule has 0 aliphatic heterocycles. The lowest BCUT2D eigenvalue weighted by Crippen LogP contribution is -2.12. The number of anilines is 1. The number of rotatable bonds is 6. The smallest absolute Gasteiger partial charge is 0.224 e. The molecule has 0 fully saturated rings. The van der Waals surface area contributed by atoms with Gasteiger partial charge in [0, 0.05) is 35.3 Å². The summed E-state index contributed by atoms with van der Waals surface area (Å²) in [5, 5.41) is 3.52. The Hall–Kier alpha value is -2.20. The molecule has 0 saturated carbocycles. The number of aryl methyl sites for hydroxylation is 1. The number of halogens is 1. The molecule has 116 valence electrons. The van der Waals surface area contributed by atoms with Crippen molar-refractivity contribution in [3.05, 3.63) is 53.1 Å². The lowest BCUT2D eigenvalue weighted by Gasteiger charge is -2.10. The van der Waals surface area contributed by atoms with E-state index in [-0.39, 0.29) is 5.91 Å². The van der Waals surface area contributed by atoms with Crippen LogP contribution in [0.2, 0.25) is 5.02 Å². The summed E-state index contributed by atoms with van der Waals surface area (Å²) in [7, 11) is 3.13. The second-order valence-electron chi connectivity index (χ2n) is 4.74. The van der Waals surface area contributed by atoms with Crippen molar-refractivity contribution in [3.8, 4) is 11.5 Å². The highest BCUT2D eigenvalue weighted by Gasteiger charge is 2.08. The van der Waals surface area contributed by atoms with E-state index in [4.69, 9.17) is 21.1 Å². The van der Waals surface area contributed by atoms with Gasteiger partial charge in [-0.2, -0.15) is 0 Å². The second-order valence-corrected chi connectivity index (χ2v) is 5.15. The molecule has 4 nitrogen and oxygen atoms in total. The van der Waals surface area contributed by atoms with E-state index in [1.165, 1.54) is 0 Å². The van der Waals surface area contributed by atoms with E-state index in [0.717, 1.165) is 5.56 Å². The van der Waals surface area contributed by atoms with Crippen LogP contribution >= 0.6 is 11.6 Å². The summed E-state index contributed by atoms with van der Waals surface area (Å²) in [5.74, 6) is 1.16. The van der Waals surface area contributed by atoms with E-state index in [1.807, 2.05) is 24.3 Å². The van der Waals surface area contributed by atoms with Gasteiger partial charge in [-0.25, -0.2) is 0 Å². The van der Waals surface area contributed by atoms with Crippen molar-refractivity contribution in [2.24, 2.45) is 0 Å². The molecular formula is C17H18ClNO3. The number of methoxy groups -OCH3 is 2.